The average Bonchev–Trinajstić information content (AvgIpc) is 1.88. The van der Waals surface area contributed by atoms with Crippen molar-refractivity contribution in [3.05, 3.63) is 35.6 Å². The van der Waals surface area contributed by atoms with Gasteiger partial charge in [-0.15, -0.1) is 6.42 Å². The molecule has 0 fully saturated rings. The van der Waals surface area contributed by atoms with Crippen LogP contribution in [0.2, 0.25) is 0 Å². The normalized spacial score (nSPS) is 8.44. The second-order valence-electron chi connectivity index (χ2n) is 1.56. The van der Waals surface area contributed by atoms with Gasteiger partial charge in [-0.05, 0) is 18.2 Å². The van der Waals surface area contributed by atoms with Crippen LogP contribution in [-0.4, -0.2) is 0 Å². The van der Waals surface area contributed by atoms with Crippen molar-refractivity contribution in [2.75, 3.05) is 0 Å². The van der Waals surface area contributed by atoms with Crippen molar-refractivity contribution in [3.8, 4) is 12.3 Å². The Hall–Kier alpha value is -1.29. The van der Waals surface area contributed by atoms with E-state index in [0.717, 1.165) is 0 Å². The van der Waals surface area contributed by atoms with E-state index in [-0.39, 0.29) is 5.82 Å². The molecular weight excluding hydrogens is 115 g/mol. The number of hydrogen-bond donors (Lipinski definition) is 0. The van der Waals surface area contributed by atoms with Gasteiger partial charge in [-0.2, -0.15) is 0 Å². The highest BCUT2D eigenvalue weighted by Gasteiger charge is 1.88. The molecule has 0 aliphatic heterocycles. The molecule has 0 nitrogen and oxygen atoms in total. The number of terminal acetylenes is 1. The van der Waals surface area contributed by atoms with Gasteiger partial charge in [-0.3, -0.25) is 0 Å². The molecule has 0 atom stereocenters. The SMILES string of the molecule is C#Cc1[c]ccc(F)c1. The third kappa shape index (κ3) is 1.30. The van der Waals surface area contributed by atoms with Crippen molar-refractivity contribution < 1.29 is 4.39 Å². The van der Waals surface area contributed by atoms with Gasteiger partial charge in [0.05, 0.1) is 0 Å². The van der Waals surface area contributed by atoms with Crippen LogP contribution < -0.4 is 0 Å². The molecular formula is C8H4F. The van der Waals surface area contributed by atoms with E-state index in [1.165, 1.54) is 18.2 Å². The Kier molecular flexibility index (Phi) is 1.51. The molecule has 1 aromatic carbocycles. The third-order valence-electron chi connectivity index (χ3n) is 0.919. The van der Waals surface area contributed by atoms with Crippen LogP contribution in [0.25, 0.3) is 0 Å². The number of hydrogen-bond acceptors (Lipinski definition) is 0. The molecule has 0 aliphatic carbocycles. The monoisotopic (exact) mass is 119 g/mol. The van der Waals surface area contributed by atoms with Crippen LogP contribution in [-0.2, 0) is 0 Å². The Bertz CT molecular complexity index is 245. The van der Waals surface area contributed by atoms with Gasteiger partial charge >= 0.3 is 0 Å². The van der Waals surface area contributed by atoms with Crippen LogP contribution in [0.4, 0.5) is 4.39 Å². The van der Waals surface area contributed by atoms with Crippen LogP contribution in [0, 0.1) is 24.2 Å². The molecule has 0 saturated heterocycles. The highest BCUT2D eigenvalue weighted by Crippen LogP contribution is 1.99. The predicted octanol–water partition coefficient (Wildman–Crippen LogP) is 1.61. The van der Waals surface area contributed by atoms with Crippen LogP contribution in [0.5, 0.6) is 0 Å². The summed E-state index contributed by atoms with van der Waals surface area (Å²) in [5.41, 5.74) is 0.454. The maximum atomic E-state index is 12.2. The van der Waals surface area contributed by atoms with Gasteiger partial charge in [0.2, 0.25) is 0 Å². The van der Waals surface area contributed by atoms with Crippen molar-refractivity contribution >= 4 is 0 Å². The van der Waals surface area contributed by atoms with E-state index in [0.29, 0.717) is 5.56 Å². The van der Waals surface area contributed by atoms with Gasteiger partial charge < -0.3 is 0 Å². The summed E-state index contributed by atoms with van der Waals surface area (Å²) in [6, 6.07) is 6.72. The number of rotatable bonds is 0. The average molecular weight is 119 g/mol. The van der Waals surface area contributed by atoms with E-state index in [1.807, 2.05) is 0 Å². The smallest absolute Gasteiger partial charge is 0.124 e. The predicted molar refractivity (Wildman–Crippen MR) is 33.2 cm³/mol. The second kappa shape index (κ2) is 2.32. The van der Waals surface area contributed by atoms with Gasteiger partial charge in [0.15, 0.2) is 0 Å². The molecule has 0 saturated carbocycles. The maximum Gasteiger partial charge on any atom is 0.124 e. The molecule has 0 heterocycles. The first kappa shape index (κ1) is 5.84. The van der Waals surface area contributed by atoms with E-state index in [9.17, 15) is 4.39 Å². The van der Waals surface area contributed by atoms with E-state index in [4.69, 9.17) is 6.42 Å². The Morgan fingerprint density at radius 2 is 2.44 bits per heavy atom. The topological polar surface area (TPSA) is 0 Å². The van der Waals surface area contributed by atoms with Crippen molar-refractivity contribution in [1.29, 1.82) is 0 Å². The van der Waals surface area contributed by atoms with Gasteiger partial charge in [0.1, 0.15) is 5.82 Å². The lowest BCUT2D eigenvalue weighted by molar-refractivity contribution is 0.627. The summed E-state index contributed by atoms with van der Waals surface area (Å²) in [5.74, 6) is 1.95. The molecule has 0 spiro atoms. The standard InChI is InChI=1S/C8H4F/c1-2-7-4-3-5-8(9)6-7/h1,3,5-6H. The zero-order valence-corrected chi connectivity index (χ0v) is 4.69. The minimum absolute atomic E-state index is 0.318. The minimum atomic E-state index is -0.318. The molecule has 1 radical (unpaired) electrons. The van der Waals surface area contributed by atoms with Crippen LogP contribution >= 0.6 is 0 Å². The molecule has 0 bridgehead atoms. The highest BCUT2D eigenvalue weighted by molar-refractivity contribution is 5.30. The Morgan fingerprint density at radius 3 is 2.89 bits per heavy atom. The molecule has 0 amide bonds. The van der Waals surface area contributed by atoms with Crippen LogP contribution in [0.3, 0.4) is 0 Å². The third-order valence-corrected chi connectivity index (χ3v) is 0.919. The summed E-state index contributed by atoms with van der Waals surface area (Å²) in [6.45, 7) is 0. The lowest BCUT2D eigenvalue weighted by Gasteiger charge is -1.86. The summed E-state index contributed by atoms with van der Waals surface area (Å²) < 4.78 is 12.2. The van der Waals surface area contributed by atoms with E-state index >= 15 is 0 Å². The fourth-order valence-electron chi connectivity index (χ4n) is 0.522. The zero-order valence-electron chi connectivity index (χ0n) is 4.69. The first-order valence-corrected chi connectivity index (χ1v) is 2.47. The van der Waals surface area contributed by atoms with Crippen molar-refractivity contribution in [2.45, 2.75) is 0 Å². The fourth-order valence-corrected chi connectivity index (χ4v) is 0.522. The first-order chi connectivity index (χ1) is 4.33. The molecule has 1 aromatic rings. The van der Waals surface area contributed by atoms with Crippen LogP contribution in [0.1, 0.15) is 5.56 Å². The summed E-state index contributed by atoms with van der Waals surface area (Å²) in [7, 11) is 0. The lowest BCUT2D eigenvalue weighted by Crippen LogP contribution is -1.75. The molecule has 1 heteroatoms. The van der Waals surface area contributed by atoms with Gasteiger partial charge in [-0.1, -0.05) is 12.0 Å². The van der Waals surface area contributed by atoms with Gasteiger partial charge in [-0.25, -0.2) is 4.39 Å². The molecule has 0 aromatic heterocycles. The summed E-state index contributed by atoms with van der Waals surface area (Å²) in [4.78, 5) is 0. The van der Waals surface area contributed by atoms with E-state index in [2.05, 4.69) is 12.0 Å². The van der Waals surface area contributed by atoms with Gasteiger partial charge in [0.25, 0.3) is 0 Å². The van der Waals surface area contributed by atoms with Crippen LogP contribution in [0.15, 0.2) is 18.2 Å². The largest absolute Gasteiger partial charge is 0.207 e. The molecule has 0 aliphatic rings. The van der Waals surface area contributed by atoms with Gasteiger partial charge in [0, 0.05) is 5.56 Å². The Labute approximate surface area is 53.3 Å². The molecule has 1 rings (SSSR count). The maximum absolute atomic E-state index is 12.2. The number of benzene rings is 1. The quantitative estimate of drug-likeness (QED) is 0.455. The highest BCUT2D eigenvalue weighted by atomic mass is 19.1. The first-order valence-electron chi connectivity index (χ1n) is 2.47. The van der Waals surface area contributed by atoms with Crippen molar-refractivity contribution in [3.63, 3.8) is 0 Å². The summed E-state index contributed by atoms with van der Waals surface area (Å²) in [5, 5.41) is 0. The molecule has 0 unspecified atom stereocenters. The fraction of sp³-hybridized carbons (Fsp3) is 0. The van der Waals surface area contributed by atoms with Crippen molar-refractivity contribution in [1.82, 2.24) is 0 Å². The molecule has 9 heavy (non-hydrogen) atoms. The lowest BCUT2D eigenvalue weighted by atomic mass is 10.2. The Morgan fingerprint density at radius 1 is 1.67 bits per heavy atom. The van der Waals surface area contributed by atoms with E-state index < -0.39 is 0 Å². The van der Waals surface area contributed by atoms with E-state index in [1.54, 1.807) is 0 Å². The second-order valence-corrected chi connectivity index (χ2v) is 1.56. The molecule has 0 N–H and O–H groups in total. The minimum Gasteiger partial charge on any atom is -0.207 e. The Balaban J connectivity index is 3.12. The molecule has 43 valence electrons. The summed E-state index contributed by atoms with van der Waals surface area (Å²) >= 11 is 0. The number of halogens is 1. The summed E-state index contributed by atoms with van der Waals surface area (Å²) in [6.07, 6.45) is 4.97. The van der Waals surface area contributed by atoms with Crippen molar-refractivity contribution in [2.24, 2.45) is 0 Å². The zero-order chi connectivity index (χ0) is 6.69.